The molecule has 0 radical (unpaired) electrons. The molecule has 1 N–H and O–H groups in total. The van der Waals surface area contributed by atoms with Crippen molar-refractivity contribution in [2.45, 2.75) is 52.7 Å². The molecule has 112 valence electrons. The summed E-state index contributed by atoms with van der Waals surface area (Å²) in [5, 5.41) is 12.0. The second kappa shape index (κ2) is 7.14. The monoisotopic (exact) mass is 276 g/mol. The molecule has 3 unspecified atom stereocenters. The van der Waals surface area contributed by atoms with Crippen LogP contribution < -0.4 is 5.32 Å². The van der Waals surface area contributed by atoms with Gasteiger partial charge in [-0.05, 0) is 24.0 Å². The zero-order valence-corrected chi connectivity index (χ0v) is 13.2. The highest BCUT2D eigenvalue weighted by molar-refractivity contribution is 5.01. The van der Waals surface area contributed by atoms with E-state index in [0.717, 1.165) is 25.3 Å². The van der Waals surface area contributed by atoms with Crippen LogP contribution in [0.3, 0.4) is 0 Å². The fourth-order valence-corrected chi connectivity index (χ4v) is 2.98. The second-order valence-electron chi connectivity index (χ2n) is 6.36. The van der Waals surface area contributed by atoms with Crippen LogP contribution in [-0.4, -0.2) is 40.3 Å². The van der Waals surface area contributed by atoms with Gasteiger partial charge in [-0.1, -0.05) is 34.1 Å². The normalized spacial score (nSPS) is 25.9. The Bertz CT molecular complexity index is 393. The third-order valence-electron chi connectivity index (χ3n) is 4.58. The minimum Gasteiger partial charge on any atom is -0.311 e. The molecule has 1 aromatic heterocycles. The summed E-state index contributed by atoms with van der Waals surface area (Å²) in [6, 6.07) is 5.22. The topological polar surface area (TPSA) is 41.1 Å². The first-order valence-corrected chi connectivity index (χ1v) is 7.85. The molecule has 2 rings (SSSR count). The predicted molar refractivity (Wildman–Crippen MR) is 82.3 cm³/mol. The van der Waals surface area contributed by atoms with Gasteiger partial charge >= 0.3 is 0 Å². The van der Waals surface area contributed by atoms with Gasteiger partial charge < -0.3 is 5.32 Å². The molecular formula is C16H28N4. The van der Waals surface area contributed by atoms with E-state index >= 15 is 0 Å². The third kappa shape index (κ3) is 3.76. The molecule has 0 amide bonds. The molecule has 1 aliphatic rings. The quantitative estimate of drug-likeness (QED) is 0.896. The van der Waals surface area contributed by atoms with Crippen LogP contribution in [0.5, 0.6) is 0 Å². The van der Waals surface area contributed by atoms with Gasteiger partial charge in [0, 0.05) is 37.9 Å². The number of aromatic nitrogens is 2. The van der Waals surface area contributed by atoms with E-state index in [1.165, 1.54) is 6.42 Å². The van der Waals surface area contributed by atoms with E-state index in [4.69, 9.17) is 0 Å². The number of rotatable bonds is 5. The summed E-state index contributed by atoms with van der Waals surface area (Å²) in [4.78, 5) is 2.59. The zero-order valence-electron chi connectivity index (χ0n) is 13.2. The first-order chi connectivity index (χ1) is 9.61. The molecule has 4 heteroatoms. The van der Waals surface area contributed by atoms with Crippen molar-refractivity contribution in [2.24, 2.45) is 11.8 Å². The molecule has 3 atom stereocenters. The summed E-state index contributed by atoms with van der Waals surface area (Å²) in [7, 11) is 0. The van der Waals surface area contributed by atoms with Crippen molar-refractivity contribution in [1.29, 1.82) is 0 Å². The molecular weight excluding hydrogens is 248 g/mol. The molecule has 1 saturated heterocycles. The average molecular weight is 276 g/mol. The highest BCUT2D eigenvalue weighted by Crippen LogP contribution is 2.21. The lowest BCUT2D eigenvalue weighted by atomic mass is 9.92. The maximum Gasteiger partial charge on any atom is 0.0771 e. The van der Waals surface area contributed by atoms with Crippen LogP contribution in [-0.2, 0) is 6.54 Å². The summed E-state index contributed by atoms with van der Waals surface area (Å²) in [5.74, 6) is 1.37. The molecule has 4 nitrogen and oxygen atoms in total. The minimum absolute atomic E-state index is 0.581. The molecule has 20 heavy (non-hydrogen) atoms. The van der Waals surface area contributed by atoms with Gasteiger partial charge in [0.05, 0.1) is 5.69 Å². The van der Waals surface area contributed by atoms with Gasteiger partial charge in [-0.3, -0.25) is 4.90 Å². The number of nitrogens with zero attached hydrogens (tertiary/aromatic N) is 3. The summed E-state index contributed by atoms with van der Waals surface area (Å²) in [6.07, 6.45) is 2.96. The van der Waals surface area contributed by atoms with E-state index in [0.29, 0.717) is 23.9 Å². The van der Waals surface area contributed by atoms with Crippen LogP contribution in [0.25, 0.3) is 0 Å². The molecule has 0 aliphatic carbocycles. The highest BCUT2D eigenvalue weighted by Gasteiger charge is 2.31. The van der Waals surface area contributed by atoms with Crippen molar-refractivity contribution < 1.29 is 0 Å². The first-order valence-electron chi connectivity index (χ1n) is 7.85. The Hall–Kier alpha value is -1.00. The highest BCUT2D eigenvalue weighted by atomic mass is 15.2. The van der Waals surface area contributed by atoms with Gasteiger partial charge in [-0.2, -0.15) is 10.2 Å². The van der Waals surface area contributed by atoms with Crippen molar-refractivity contribution in [1.82, 2.24) is 20.4 Å². The van der Waals surface area contributed by atoms with Crippen LogP contribution in [0.2, 0.25) is 0 Å². The number of hydrogen-bond acceptors (Lipinski definition) is 4. The van der Waals surface area contributed by atoms with Crippen LogP contribution in [0.4, 0.5) is 0 Å². The van der Waals surface area contributed by atoms with Gasteiger partial charge in [0.1, 0.15) is 0 Å². The van der Waals surface area contributed by atoms with Crippen LogP contribution in [0, 0.1) is 11.8 Å². The minimum atomic E-state index is 0.581. The van der Waals surface area contributed by atoms with Crippen LogP contribution >= 0.6 is 0 Å². The fourth-order valence-electron chi connectivity index (χ4n) is 2.98. The van der Waals surface area contributed by atoms with Crippen molar-refractivity contribution in [3.05, 3.63) is 24.0 Å². The lowest BCUT2D eigenvalue weighted by Crippen LogP contribution is -2.59. The molecule has 1 aliphatic heterocycles. The predicted octanol–water partition coefficient (Wildman–Crippen LogP) is 2.32. The number of hydrogen-bond donors (Lipinski definition) is 1. The molecule has 0 aromatic carbocycles. The van der Waals surface area contributed by atoms with Crippen LogP contribution in [0.1, 0.15) is 39.8 Å². The van der Waals surface area contributed by atoms with Gasteiger partial charge in [-0.15, -0.1) is 0 Å². The molecule has 1 fully saturated rings. The Morgan fingerprint density at radius 3 is 2.80 bits per heavy atom. The molecule has 1 aromatic rings. The fraction of sp³-hybridized carbons (Fsp3) is 0.750. The maximum atomic E-state index is 4.24. The Kier molecular flexibility index (Phi) is 5.49. The number of piperazine rings is 1. The zero-order chi connectivity index (χ0) is 14.5. The van der Waals surface area contributed by atoms with Gasteiger partial charge in [0.2, 0.25) is 0 Å². The van der Waals surface area contributed by atoms with E-state index in [1.54, 1.807) is 6.20 Å². The van der Waals surface area contributed by atoms with Gasteiger partial charge in [0.15, 0.2) is 0 Å². The van der Waals surface area contributed by atoms with E-state index < -0.39 is 0 Å². The molecule has 2 heterocycles. The largest absolute Gasteiger partial charge is 0.311 e. The Morgan fingerprint density at radius 1 is 1.40 bits per heavy atom. The molecule has 0 saturated carbocycles. The molecule has 0 bridgehead atoms. The maximum absolute atomic E-state index is 4.24. The van der Waals surface area contributed by atoms with Gasteiger partial charge in [-0.25, -0.2) is 0 Å². The van der Waals surface area contributed by atoms with E-state index in [1.807, 2.05) is 6.07 Å². The van der Waals surface area contributed by atoms with Crippen molar-refractivity contribution in [3.63, 3.8) is 0 Å². The SMILES string of the molecule is CCC(C)C1CN(Cc2cccnn2)C(C(C)C)CN1. The summed E-state index contributed by atoms with van der Waals surface area (Å²) in [6.45, 7) is 12.3. The summed E-state index contributed by atoms with van der Waals surface area (Å²) >= 11 is 0. The Labute approximate surface area is 123 Å². The third-order valence-corrected chi connectivity index (χ3v) is 4.58. The lowest BCUT2D eigenvalue weighted by Gasteiger charge is -2.44. The Morgan fingerprint density at radius 2 is 2.20 bits per heavy atom. The van der Waals surface area contributed by atoms with E-state index in [2.05, 4.69) is 54.2 Å². The lowest BCUT2D eigenvalue weighted by molar-refractivity contribution is 0.0739. The summed E-state index contributed by atoms with van der Waals surface area (Å²) < 4.78 is 0. The van der Waals surface area contributed by atoms with Crippen molar-refractivity contribution in [2.75, 3.05) is 13.1 Å². The smallest absolute Gasteiger partial charge is 0.0771 e. The van der Waals surface area contributed by atoms with Gasteiger partial charge in [0.25, 0.3) is 0 Å². The van der Waals surface area contributed by atoms with Crippen LogP contribution in [0.15, 0.2) is 18.3 Å². The summed E-state index contributed by atoms with van der Waals surface area (Å²) in [5.41, 5.74) is 1.07. The van der Waals surface area contributed by atoms with Crippen molar-refractivity contribution >= 4 is 0 Å². The standard InChI is InChI=1S/C16H28N4/c1-5-13(4)15-11-20(16(9-17-15)12(2)3)10-14-7-6-8-18-19-14/h6-8,12-13,15-17H,5,9-11H2,1-4H3. The average Bonchev–Trinajstić information content (AvgIpc) is 2.47. The molecule has 0 spiro atoms. The van der Waals surface area contributed by atoms with E-state index in [9.17, 15) is 0 Å². The number of nitrogens with one attached hydrogen (secondary N) is 1. The van der Waals surface area contributed by atoms with E-state index in [-0.39, 0.29) is 0 Å². The Balaban J connectivity index is 2.07. The first kappa shape index (κ1) is 15.4. The second-order valence-corrected chi connectivity index (χ2v) is 6.36. The van der Waals surface area contributed by atoms with Crippen molar-refractivity contribution in [3.8, 4) is 0 Å².